The van der Waals surface area contributed by atoms with Crippen LogP contribution >= 0.6 is 0 Å². The summed E-state index contributed by atoms with van der Waals surface area (Å²) < 4.78 is 42.0. The SMILES string of the molecule is CC(=N/C(=C(\O)C(=O)Nc1ccc(N2CCN(C(=O)C3CCc4ccccc4N3)CC2)nc1)C(F)(F)F)N1CCC(c2ccccc2)CC1. The number of aliphatic imine (C=N–C) groups is 1. The van der Waals surface area contributed by atoms with Crippen molar-refractivity contribution in [1.29, 1.82) is 0 Å². The van der Waals surface area contributed by atoms with Crippen LogP contribution in [0.3, 0.4) is 0 Å². The van der Waals surface area contributed by atoms with Crippen LogP contribution in [0.2, 0.25) is 0 Å². The number of amides is 2. The molecular formula is C36H40F3N7O3. The van der Waals surface area contributed by atoms with Gasteiger partial charge in [0.25, 0.3) is 5.91 Å². The van der Waals surface area contributed by atoms with Crippen LogP contribution in [0.1, 0.15) is 43.2 Å². The number of carbonyl (C=O) groups is 2. The summed E-state index contributed by atoms with van der Waals surface area (Å²) in [6.45, 7) is 4.59. The van der Waals surface area contributed by atoms with E-state index in [4.69, 9.17) is 0 Å². The third kappa shape index (κ3) is 7.98. The number of aliphatic hydroxyl groups is 1. The number of piperazine rings is 1. The van der Waals surface area contributed by atoms with Gasteiger partial charge in [0.05, 0.1) is 11.9 Å². The lowest BCUT2D eigenvalue weighted by atomic mass is 9.89. The van der Waals surface area contributed by atoms with Gasteiger partial charge in [-0.1, -0.05) is 48.5 Å². The second-order valence-electron chi connectivity index (χ2n) is 12.6. The maximum atomic E-state index is 14.0. The number of amidine groups is 1. The molecular weight excluding hydrogens is 635 g/mol. The molecule has 0 bridgehead atoms. The summed E-state index contributed by atoms with van der Waals surface area (Å²) in [7, 11) is 0. The number of carbonyl (C=O) groups excluding carboxylic acids is 2. The van der Waals surface area contributed by atoms with Gasteiger partial charge in [-0.25, -0.2) is 9.98 Å². The van der Waals surface area contributed by atoms with Gasteiger partial charge in [0.2, 0.25) is 11.7 Å². The molecule has 3 N–H and O–H groups in total. The minimum Gasteiger partial charge on any atom is -0.502 e. The van der Waals surface area contributed by atoms with Crippen molar-refractivity contribution in [1.82, 2.24) is 14.8 Å². The van der Waals surface area contributed by atoms with Crippen molar-refractivity contribution in [3.63, 3.8) is 0 Å². The summed E-state index contributed by atoms with van der Waals surface area (Å²) in [4.78, 5) is 39.6. The lowest BCUT2D eigenvalue weighted by molar-refractivity contribution is -0.132. The molecule has 0 spiro atoms. The van der Waals surface area contributed by atoms with E-state index in [-0.39, 0.29) is 23.5 Å². The van der Waals surface area contributed by atoms with Crippen LogP contribution < -0.4 is 15.5 Å². The van der Waals surface area contributed by atoms with E-state index >= 15 is 0 Å². The maximum absolute atomic E-state index is 14.0. The van der Waals surface area contributed by atoms with Crippen LogP contribution in [0.4, 0.5) is 30.4 Å². The molecule has 2 fully saturated rings. The summed E-state index contributed by atoms with van der Waals surface area (Å²) in [6, 6.07) is 20.9. The summed E-state index contributed by atoms with van der Waals surface area (Å²) in [5, 5.41) is 16.1. The van der Waals surface area contributed by atoms with Crippen LogP contribution in [0.25, 0.3) is 0 Å². The zero-order valence-corrected chi connectivity index (χ0v) is 27.3. The Kier molecular flexibility index (Phi) is 10.1. The third-order valence-corrected chi connectivity index (χ3v) is 9.47. The minimum absolute atomic E-state index is 0.0680. The van der Waals surface area contributed by atoms with E-state index in [9.17, 15) is 27.9 Å². The fourth-order valence-electron chi connectivity index (χ4n) is 6.69. The van der Waals surface area contributed by atoms with E-state index in [0.29, 0.717) is 51.0 Å². The van der Waals surface area contributed by atoms with Gasteiger partial charge in [0.1, 0.15) is 17.7 Å². The normalized spacial score (nSPS) is 19.5. The number of aryl methyl sites for hydroxylation is 1. The molecule has 1 aromatic heterocycles. The molecule has 49 heavy (non-hydrogen) atoms. The molecule has 0 aliphatic carbocycles. The first-order chi connectivity index (χ1) is 23.6. The number of nitrogens with zero attached hydrogens (tertiary/aromatic N) is 5. The summed E-state index contributed by atoms with van der Waals surface area (Å²) >= 11 is 0. The van der Waals surface area contributed by atoms with E-state index in [0.717, 1.165) is 31.4 Å². The first-order valence-electron chi connectivity index (χ1n) is 16.6. The number of para-hydroxylation sites is 1. The molecule has 1 atom stereocenters. The Bertz CT molecular complexity index is 1700. The number of allylic oxidation sites excluding steroid dienone is 1. The number of likely N-dealkylation sites (tertiary alicyclic amines) is 1. The second kappa shape index (κ2) is 14.6. The molecule has 13 heteroatoms. The van der Waals surface area contributed by atoms with Crippen LogP contribution in [0, 0.1) is 0 Å². The number of hydrogen-bond donors (Lipinski definition) is 3. The van der Waals surface area contributed by atoms with Crippen LogP contribution in [0.15, 0.2) is 89.4 Å². The van der Waals surface area contributed by atoms with Gasteiger partial charge < -0.3 is 30.4 Å². The first kappa shape index (κ1) is 33.8. The summed E-state index contributed by atoms with van der Waals surface area (Å²) in [6.07, 6.45) is -0.662. The highest BCUT2D eigenvalue weighted by atomic mass is 19.4. The fourth-order valence-corrected chi connectivity index (χ4v) is 6.69. The Hall–Kier alpha value is -5.07. The van der Waals surface area contributed by atoms with Crippen molar-refractivity contribution < 1.29 is 27.9 Å². The predicted molar refractivity (Wildman–Crippen MR) is 183 cm³/mol. The van der Waals surface area contributed by atoms with Crippen molar-refractivity contribution in [2.24, 2.45) is 4.99 Å². The van der Waals surface area contributed by atoms with E-state index in [1.165, 1.54) is 30.3 Å². The number of anilines is 3. The Balaban J connectivity index is 1.03. The van der Waals surface area contributed by atoms with Gasteiger partial charge in [0, 0.05) is 45.0 Å². The Morgan fingerprint density at radius 2 is 1.59 bits per heavy atom. The number of hydrogen-bond acceptors (Lipinski definition) is 7. The lowest BCUT2D eigenvalue weighted by Crippen LogP contribution is -2.53. The number of benzene rings is 2. The van der Waals surface area contributed by atoms with E-state index in [1.807, 2.05) is 58.3 Å². The average molecular weight is 676 g/mol. The molecule has 4 heterocycles. The Morgan fingerprint density at radius 3 is 2.27 bits per heavy atom. The Morgan fingerprint density at radius 1 is 0.898 bits per heavy atom. The maximum Gasteiger partial charge on any atom is 0.437 e. The third-order valence-electron chi connectivity index (χ3n) is 9.47. The van der Waals surface area contributed by atoms with E-state index in [2.05, 4.69) is 26.7 Å². The average Bonchev–Trinajstić information content (AvgIpc) is 3.13. The highest BCUT2D eigenvalue weighted by molar-refractivity contribution is 6.02. The van der Waals surface area contributed by atoms with Crippen LogP contribution in [-0.2, 0) is 16.0 Å². The molecule has 2 aromatic carbocycles. The predicted octanol–water partition coefficient (Wildman–Crippen LogP) is 5.73. The standard InChI is InChI=1S/C36H40F3N7O3/c1-24(44-17-15-26(16-18-44)25-7-3-2-4-8-25)41-33(36(37,38)39)32(47)34(48)42-28-12-14-31(40-23-28)45-19-21-46(22-20-45)35(49)30-13-11-27-9-5-6-10-29(27)43-30/h2-10,12,14,23,26,30,43,47H,11,13,15-22H2,1H3,(H,42,48)/b33-32-,41-24?. The van der Waals surface area contributed by atoms with Crippen molar-refractivity contribution in [2.75, 3.05) is 54.8 Å². The van der Waals surface area contributed by atoms with Crippen LogP contribution in [-0.4, -0.2) is 89.0 Å². The molecule has 2 amide bonds. The molecule has 258 valence electrons. The monoisotopic (exact) mass is 675 g/mol. The van der Waals surface area contributed by atoms with Gasteiger partial charge in [0.15, 0.2) is 5.70 Å². The number of halogens is 3. The van der Waals surface area contributed by atoms with Crippen LogP contribution in [0.5, 0.6) is 0 Å². The van der Waals surface area contributed by atoms with Gasteiger partial charge >= 0.3 is 6.18 Å². The molecule has 3 aliphatic heterocycles. The molecule has 10 nitrogen and oxygen atoms in total. The summed E-state index contributed by atoms with van der Waals surface area (Å²) in [5.74, 6) is -1.82. The quantitative estimate of drug-likeness (QED) is 0.133. The highest BCUT2D eigenvalue weighted by Gasteiger charge is 2.40. The minimum atomic E-state index is -5.06. The molecule has 1 unspecified atom stereocenters. The van der Waals surface area contributed by atoms with Gasteiger partial charge in [-0.3, -0.25) is 9.59 Å². The van der Waals surface area contributed by atoms with Crippen molar-refractivity contribution in [3.8, 4) is 0 Å². The fraction of sp³-hybridized carbons (Fsp3) is 0.389. The zero-order valence-electron chi connectivity index (χ0n) is 27.3. The number of rotatable bonds is 6. The van der Waals surface area contributed by atoms with Gasteiger partial charge in [-0.2, -0.15) is 13.2 Å². The Labute approximate surface area is 283 Å². The molecule has 6 rings (SSSR count). The molecule has 0 radical (unpaired) electrons. The van der Waals surface area contributed by atoms with E-state index < -0.39 is 23.5 Å². The number of aliphatic hydroxyl groups excluding tert-OH is 1. The number of pyridine rings is 1. The van der Waals surface area contributed by atoms with E-state index in [1.54, 1.807) is 11.0 Å². The second-order valence-corrected chi connectivity index (χ2v) is 12.6. The molecule has 3 aliphatic rings. The molecule has 3 aromatic rings. The number of nitrogens with one attached hydrogen (secondary N) is 2. The largest absolute Gasteiger partial charge is 0.502 e. The van der Waals surface area contributed by atoms with Gasteiger partial charge in [-0.05, 0) is 67.9 Å². The number of piperidine rings is 1. The topological polar surface area (TPSA) is 113 Å². The number of alkyl halides is 3. The van der Waals surface area contributed by atoms with Gasteiger partial charge in [-0.15, -0.1) is 0 Å². The van der Waals surface area contributed by atoms with Crippen molar-refractivity contribution in [2.45, 2.75) is 50.7 Å². The molecule has 2 saturated heterocycles. The number of fused-ring (bicyclic) bond motifs is 1. The zero-order chi connectivity index (χ0) is 34.5. The molecule has 0 saturated carbocycles. The van der Waals surface area contributed by atoms with Crippen molar-refractivity contribution in [3.05, 3.63) is 95.5 Å². The first-order valence-corrected chi connectivity index (χ1v) is 16.6. The summed E-state index contributed by atoms with van der Waals surface area (Å²) in [5.41, 5.74) is 1.86. The highest BCUT2D eigenvalue weighted by Crippen LogP contribution is 2.32. The smallest absolute Gasteiger partial charge is 0.437 e. The lowest BCUT2D eigenvalue weighted by Gasteiger charge is -2.38. The van der Waals surface area contributed by atoms with Crippen molar-refractivity contribution >= 4 is 34.8 Å². The number of aromatic nitrogens is 1.